The Balaban J connectivity index is 1.53. The first kappa shape index (κ1) is 18.7. The highest BCUT2D eigenvalue weighted by Gasteiger charge is 2.16. The summed E-state index contributed by atoms with van der Waals surface area (Å²) in [6, 6.07) is 19.8. The van der Waals surface area contributed by atoms with Crippen LogP contribution in [0.3, 0.4) is 0 Å². The molecular weight excluding hydrogens is 362 g/mol. The highest BCUT2D eigenvalue weighted by Crippen LogP contribution is 2.27. The maximum Gasteiger partial charge on any atom is 0.230 e. The molecule has 0 saturated carbocycles. The standard InChI is InChI=1S/C24H23N3O2/c1-15-8-10-18(11-9-15)25-19-6-4-5-7-20(19)26-23(28)14-21-24-17(3)12-16(2)13-22(24)29-27-21/h4-13,25H,14H2,1-3H3,(H,26,28). The lowest BCUT2D eigenvalue weighted by molar-refractivity contribution is -0.115. The molecule has 146 valence electrons. The number of aromatic nitrogens is 1. The van der Waals surface area contributed by atoms with Crippen LogP contribution in [0.1, 0.15) is 22.4 Å². The number of hydrogen-bond donors (Lipinski definition) is 2. The maximum absolute atomic E-state index is 12.7. The van der Waals surface area contributed by atoms with Crippen LogP contribution in [0.5, 0.6) is 0 Å². The Labute approximate surface area is 169 Å². The summed E-state index contributed by atoms with van der Waals surface area (Å²) in [5.74, 6) is -0.140. The summed E-state index contributed by atoms with van der Waals surface area (Å²) in [5, 5.41) is 11.4. The topological polar surface area (TPSA) is 67.2 Å². The lowest BCUT2D eigenvalue weighted by atomic mass is 10.0. The first-order valence-corrected chi connectivity index (χ1v) is 9.57. The molecule has 1 amide bonds. The second kappa shape index (κ2) is 7.80. The number of aryl methyl sites for hydroxylation is 3. The van der Waals surface area contributed by atoms with Gasteiger partial charge in [-0.25, -0.2) is 0 Å². The van der Waals surface area contributed by atoms with Crippen LogP contribution in [-0.2, 0) is 11.2 Å². The van der Waals surface area contributed by atoms with Crippen molar-refractivity contribution in [2.24, 2.45) is 0 Å². The third-order valence-corrected chi connectivity index (χ3v) is 4.85. The van der Waals surface area contributed by atoms with E-state index >= 15 is 0 Å². The second-order valence-electron chi connectivity index (χ2n) is 7.35. The van der Waals surface area contributed by atoms with E-state index in [0.29, 0.717) is 11.3 Å². The third-order valence-electron chi connectivity index (χ3n) is 4.85. The summed E-state index contributed by atoms with van der Waals surface area (Å²) in [6.07, 6.45) is 0.149. The number of carbonyl (C=O) groups excluding carboxylic acids is 1. The maximum atomic E-state index is 12.7. The van der Waals surface area contributed by atoms with Crippen molar-refractivity contribution in [3.05, 3.63) is 83.0 Å². The highest BCUT2D eigenvalue weighted by molar-refractivity contribution is 5.98. The summed E-state index contributed by atoms with van der Waals surface area (Å²) in [4.78, 5) is 12.7. The first-order chi connectivity index (χ1) is 14.0. The molecule has 4 aromatic rings. The van der Waals surface area contributed by atoms with Gasteiger partial charge in [-0.2, -0.15) is 0 Å². The monoisotopic (exact) mass is 385 g/mol. The predicted molar refractivity (Wildman–Crippen MR) is 117 cm³/mol. The van der Waals surface area contributed by atoms with Crippen molar-refractivity contribution < 1.29 is 9.32 Å². The molecule has 4 rings (SSSR count). The number of nitrogens with zero attached hydrogens (tertiary/aromatic N) is 1. The molecule has 0 fully saturated rings. The van der Waals surface area contributed by atoms with E-state index in [0.717, 1.165) is 33.6 Å². The molecule has 0 saturated heterocycles. The summed E-state index contributed by atoms with van der Waals surface area (Å²) in [7, 11) is 0. The van der Waals surface area contributed by atoms with Crippen LogP contribution < -0.4 is 10.6 Å². The van der Waals surface area contributed by atoms with Gasteiger partial charge in [0.15, 0.2) is 5.58 Å². The number of amides is 1. The molecule has 0 bridgehead atoms. The summed E-state index contributed by atoms with van der Waals surface area (Å²) in [6.45, 7) is 6.07. The molecule has 2 N–H and O–H groups in total. The van der Waals surface area contributed by atoms with Gasteiger partial charge in [0.05, 0.1) is 17.8 Å². The molecule has 29 heavy (non-hydrogen) atoms. The Morgan fingerprint density at radius 2 is 1.66 bits per heavy atom. The molecule has 0 unspecified atom stereocenters. The average molecular weight is 385 g/mol. The van der Waals surface area contributed by atoms with E-state index in [1.807, 2.05) is 68.4 Å². The van der Waals surface area contributed by atoms with Gasteiger partial charge in [0.25, 0.3) is 0 Å². The van der Waals surface area contributed by atoms with E-state index < -0.39 is 0 Å². The van der Waals surface area contributed by atoms with Crippen LogP contribution in [0.25, 0.3) is 11.0 Å². The predicted octanol–water partition coefficient (Wildman–Crippen LogP) is 5.68. The van der Waals surface area contributed by atoms with E-state index in [4.69, 9.17) is 4.52 Å². The van der Waals surface area contributed by atoms with Gasteiger partial charge < -0.3 is 15.2 Å². The number of carbonyl (C=O) groups is 1. The zero-order valence-electron chi connectivity index (χ0n) is 16.7. The Morgan fingerprint density at radius 1 is 0.931 bits per heavy atom. The average Bonchev–Trinajstić information content (AvgIpc) is 3.07. The SMILES string of the molecule is Cc1ccc(Nc2ccccc2NC(=O)Cc2noc3cc(C)cc(C)c23)cc1. The van der Waals surface area contributed by atoms with Crippen molar-refractivity contribution in [2.75, 3.05) is 10.6 Å². The summed E-state index contributed by atoms with van der Waals surface area (Å²) >= 11 is 0. The van der Waals surface area contributed by atoms with E-state index in [1.165, 1.54) is 5.56 Å². The van der Waals surface area contributed by atoms with Crippen molar-refractivity contribution >= 4 is 33.9 Å². The van der Waals surface area contributed by atoms with E-state index in [9.17, 15) is 4.79 Å². The Kier molecular flexibility index (Phi) is 5.04. The normalized spacial score (nSPS) is 10.9. The van der Waals surface area contributed by atoms with E-state index in [1.54, 1.807) is 0 Å². The minimum atomic E-state index is -0.140. The molecule has 0 aliphatic heterocycles. The molecule has 3 aromatic carbocycles. The van der Waals surface area contributed by atoms with Crippen LogP contribution in [0.2, 0.25) is 0 Å². The molecular formula is C24H23N3O2. The van der Waals surface area contributed by atoms with Gasteiger partial charge >= 0.3 is 0 Å². The van der Waals surface area contributed by atoms with E-state index in [2.05, 4.69) is 28.8 Å². The number of benzene rings is 3. The molecule has 1 heterocycles. The molecule has 5 nitrogen and oxygen atoms in total. The Bertz CT molecular complexity index is 1180. The lowest BCUT2D eigenvalue weighted by Crippen LogP contribution is -2.15. The number of para-hydroxylation sites is 2. The van der Waals surface area contributed by atoms with Gasteiger partial charge in [-0.1, -0.05) is 41.1 Å². The van der Waals surface area contributed by atoms with Crippen molar-refractivity contribution in [1.29, 1.82) is 0 Å². The summed E-state index contributed by atoms with van der Waals surface area (Å²) in [5.41, 5.74) is 7.25. The largest absolute Gasteiger partial charge is 0.356 e. The number of nitrogens with one attached hydrogen (secondary N) is 2. The molecule has 0 aliphatic rings. The van der Waals surface area contributed by atoms with Crippen molar-refractivity contribution in [1.82, 2.24) is 5.16 Å². The molecule has 0 spiro atoms. The van der Waals surface area contributed by atoms with Gasteiger partial charge in [0.1, 0.15) is 5.69 Å². The number of fused-ring (bicyclic) bond motifs is 1. The van der Waals surface area contributed by atoms with Crippen molar-refractivity contribution in [2.45, 2.75) is 27.2 Å². The fourth-order valence-electron chi connectivity index (χ4n) is 3.48. The van der Waals surface area contributed by atoms with E-state index in [-0.39, 0.29) is 12.3 Å². The van der Waals surface area contributed by atoms with Crippen molar-refractivity contribution in [3.63, 3.8) is 0 Å². The molecule has 5 heteroatoms. The molecule has 0 aliphatic carbocycles. The molecule has 1 aromatic heterocycles. The quantitative estimate of drug-likeness (QED) is 0.464. The van der Waals surface area contributed by atoms with Crippen LogP contribution in [-0.4, -0.2) is 11.1 Å². The molecule has 0 atom stereocenters. The number of anilines is 3. The zero-order chi connectivity index (χ0) is 20.4. The van der Waals surface area contributed by atoms with Crippen LogP contribution in [0.4, 0.5) is 17.1 Å². The van der Waals surface area contributed by atoms with Gasteiger partial charge in [-0.3, -0.25) is 4.79 Å². The van der Waals surface area contributed by atoms with Gasteiger partial charge in [0.2, 0.25) is 5.91 Å². The second-order valence-corrected chi connectivity index (χ2v) is 7.35. The Morgan fingerprint density at radius 3 is 2.41 bits per heavy atom. The van der Waals surface area contributed by atoms with Gasteiger partial charge in [0, 0.05) is 11.1 Å². The lowest BCUT2D eigenvalue weighted by Gasteiger charge is -2.13. The number of hydrogen-bond acceptors (Lipinski definition) is 4. The van der Waals surface area contributed by atoms with Gasteiger partial charge in [-0.15, -0.1) is 0 Å². The Hall–Kier alpha value is -3.60. The van der Waals surface area contributed by atoms with Crippen LogP contribution >= 0.6 is 0 Å². The third kappa shape index (κ3) is 4.14. The van der Waals surface area contributed by atoms with Crippen LogP contribution in [0.15, 0.2) is 65.2 Å². The highest BCUT2D eigenvalue weighted by atomic mass is 16.5. The fraction of sp³-hybridized carbons (Fsp3) is 0.167. The molecule has 0 radical (unpaired) electrons. The fourth-order valence-corrected chi connectivity index (χ4v) is 3.48. The minimum absolute atomic E-state index is 0.140. The van der Waals surface area contributed by atoms with Crippen molar-refractivity contribution in [3.8, 4) is 0 Å². The zero-order valence-corrected chi connectivity index (χ0v) is 16.7. The first-order valence-electron chi connectivity index (χ1n) is 9.57. The summed E-state index contributed by atoms with van der Waals surface area (Å²) < 4.78 is 5.43. The van der Waals surface area contributed by atoms with Gasteiger partial charge in [-0.05, 0) is 62.2 Å². The van der Waals surface area contributed by atoms with Crippen LogP contribution in [0, 0.1) is 20.8 Å². The smallest absolute Gasteiger partial charge is 0.230 e. The minimum Gasteiger partial charge on any atom is -0.356 e. The number of rotatable bonds is 5.